The Hall–Kier alpha value is -2.03. The summed E-state index contributed by atoms with van der Waals surface area (Å²) in [5.41, 5.74) is -0.409. The number of carboxylic acid groups (broad SMARTS) is 1. The van der Waals surface area contributed by atoms with E-state index in [1.54, 1.807) is 32.6 Å². The molecule has 2 saturated heterocycles. The standard InChI is InChI=1S/C14H23N5O3S.C2HF3O2/c1-18(2)23(20,21)19-8-5-14(11-19)10-12(4-9-22-14)17-13-15-6-3-7-16-13;3-2(4,5)1(6)7/h3,6-7,12H,4-5,8-11H2,1-2H3,(H,15,16,17);(H,6,7)/t12-,14+;/m0./s1. The lowest BCUT2D eigenvalue weighted by molar-refractivity contribution is -0.192. The normalized spacial score (nSPS) is 25.1. The van der Waals surface area contributed by atoms with Crippen molar-refractivity contribution in [3.63, 3.8) is 0 Å². The van der Waals surface area contributed by atoms with E-state index in [2.05, 4.69) is 15.3 Å². The summed E-state index contributed by atoms with van der Waals surface area (Å²) in [4.78, 5) is 17.3. The van der Waals surface area contributed by atoms with Crippen molar-refractivity contribution in [3.8, 4) is 0 Å². The van der Waals surface area contributed by atoms with Crippen LogP contribution in [0.5, 0.6) is 0 Å². The molecular formula is C16H24F3N5O5S. The maximum atomic E-state index is 12.3. The zero-order valence-electron chi connectivity index (χ0n) is 16.5. The summed E-state index contributed by atoms with van der Waals surface area (Å²) in [7, 11) is -0.277. The van der Waals surface area contributed by atoms with Crippen LogP contribution in [0, 0.1) is 0 Å². The second-order valence-electron chi connectivity index (χ2n) is 7.11. The molecule has 14 heteroatoms. The molecule has 0 saturated carbocycles. The second kappa shape index (κ2) is 9.41. The molecule has 30 heavy (non-hydrogen) atoms. The maximum Gasteiger partial charge on any atom is 0.490 e. The van der Waals surface area contributed by atoms with Crippen LogP contribution in [0.2, 0.25) is 0 Å². The average Bonchev–Trinajstić information content (AvgIpc) is 3.06. The Kier molecular flexibility index (Phi) is 7.60. The number of carboxylic acids is 1. The van der Waals surface area contributed by atoms with Crippen molar-refractivity contribution in [1.82, 2.24) is 18.6 Å². The minimum absolute atomic E-state index is 0.188. The average molecular weight is 455 g/mol. The number of carbonyl (C=O) groups is 1. The van der Waals surface area contributed by atoms with Crippen molar-refractivity contribution in [3.05, 3.63) is 18.5 Å². The van der Waals surface area contributed by atoms with Crippen molar-refractivity contribution in [2.45, 2.75) is 37.1 Å². The molecule has 2 N–H and O–H groups in total. The minimum atomic E-state index is -5.08. The van der Waals surface area contributed by atoms with Crippen molar-refractivity contribution in [2.24, 2.45) is 0 Å². The van der Waals surface area contributed by atoms with Crippen LogP contribution in [0.1, 0.15) is 19.3 Å². The van der Waals surface area contributed by atoms with E-state index in [1.807, 2.05) is 0 Å². The number of anilines is 1. The van der Waals surface area contributed by atoms with Gasteiger partial charge in [0.05, 0.1) is 5.60 Å². The number of rotatable bonds is 4. The maximum absolute atomic E-state index is 12.3. The smallest absolute Gasteiger partial charge is 0.475 e. The highest BCUT2D eigenvalue weighted by Gasteiger charge is 2.47. The number of nitrogens with zero attached hydrogens (tertiary/aromatic N) is 4. The third-order valence-corrected chi connectivity index (χ3v) is 6.59. The van der Waals surface area contributed by atoms with Gasteiger partial charge < -0.3 is 15.2 Å². The largest absolute Gasteiger partial charge is 0.490 e. The molecular weight excluding hydrogens is 431 g/mol. The molecule has 0 radical (unpaired) electrons. The number of hydrogen-bond acceptors (Lipinski definition) is 7. The third-order valence-electron chi connectivity index (χ3n) is 4.70. The summed E-state index contributed by atoms with van der Waals surface area (Å²) in [6.45, 7) is 1.51. The van der Waals surface area contributed by atoms with Gasteiger partial charge in [0, 0.05) is 52.2 Å². The molecule has 10 nitrogen and oxygen atoms in total. The predicted molar refractivity (Wildman–Crippen MR) is 99.8 cm³/mol. The monoisotopic (exact) mass is 455 g/mol. The van der Waals surface area contributed by atoms with Crippen LogP contribution in [0.4, 0.5) is 19.1 Å². The van der Waals surface area contributed by atoms with Crippen LogP contribution in [0.15, 0.2) is 18.5 Å². The Morgan fingerprint density at radius 1 is 1.37 bits per heavy atom. The van der Waals surface area contributed by atoms with E-state index in [-0.39, 0.29) is 6.04 Å². The zero-order chi connectivity index (χ0) is 22.6. The van der Waals surface area contributed by atoms with Gasteiger partial charge in [-0.15, -0.1) is 0 Å². The van der Waals surface area contributed by atoms with Gasteiger partial charge in [0.25, 0.3) is 10.2 Å². The number of alkyl halides is 3. The summed E-state index contributed by atoms with van der Waals surface area (Å²) in [5.74, 6) is -2.15. The first-order valence-electron chi connectivity index (χ1n) is 9.01. The van der Waals surface area contributed by atoms with Crippen LogP contribution in [-0.4, -0.2) is 89.7 Å². The van der Waals surface area contributed by atoms with E-state index in [0.29, 0.717) is 32.1 Å². The van der Waals surface area contributed by atoms with E-state index >= 15 is 0 Å². The van der Waals surface area contributed by atoms with E-state index < -0.39 is 28.0 Å². The number of ether oxygens (including phenoxy) is 1. The fourth-order valence-corrected chi connectivity index (χ4v) is 4.41. The molecule has 0 aromatic carbocycles. The molecule has 0 amide bonds. The number of aliphatic carboxylic acids is 1. The van der Waals surface area contributed by atoms with E-state index in [1.165, 1.54) is 8.61 Å². The van der Waals surface area contributed by atoms with Crippen molar-refractivity contribution < 1.29 is 36.2 Å². The lowest BCUT2D eigenvalue weighted by atomic mass is 9.89. The van der Waals surface area contributed by atoms with Gasteiger partial charge in [-0.2, -0.15) is 30.2 Å². The molecule has 3 heterocycles. The quantitative estimate of drug-likeness (QED) is 0.688. The van der Waals surface area contributed by atoms with Crippen LogP contribution >= 0.6 is 0 Å². The highest BCUT2D eigenvalue weighted by Crippen LogP contribution is 2.36. The summed E-state index contributed by atoms with van der Waals surface area (Å²) in [5, 5.41) is 10.5. The summed E-state index contributed by atoms with van der Waals surface area (Å²) in [6.07, 6.45) is 0.649. The molecule has 0 aliphatic carbocycles. The summed E-state index contributed by atoms with van der Waals surface area (Å²) >= 11 is 0. The van der Waals surface area contributed by atoms with Crippen molar-refractivity contribution in [2.75, 3.05) is 39.1 Å². The summed E-state index contributed by atoms with van der Waals surface area (Å²) < 4.78 is 65.1. The SMILES string of the molecule is CN(C)S(=O)(=O)N1CC[C@@]2(C[C@@H](Nc3ncccn3)CCO2)C1.O=C(O)C(F)(F)F. The van der Waals surface area contributed by atoms with Gasteiger partial charge >= 0.3 is 12.1 Å². The Morgan fingerprint density at radius 2 is 1.97 bits per heavy atom. The van der Waals surface area contributed by atoms with E-state index in [9.17, 15) is 21.6 Å². The van der Waals surface area contributed by atoms with Crippen LogP contribution in [0.3, 0.4) is 0 Å². The van der Waals surface area contributed by atoms with Gasteiger partial charge in [-0.05, 0) is 25.3 Å². The van der Waals surface area contributed by atoms with Gasteiger partial charge in [-0.1, -0.05) is 0 Å². The van der Waals surface area contributed by atoms with E-state index in [0.717, 1.165) is 12.8 Å². The number of aromatic nitrogens is 2. The highest BCUT2D eigenvalue weighted by molar-refractivity contribution is 7.86. The number of halogens is 3. The Balaban J connectivity index is 0.000000396. The fraction of sp³-hybridized carbons (Fsp3) is 0.688. The Labute approximate surface area is 172 Å². The fourth-order valence-electron chi connectivity index (χ4n) is 3.23. The van der Waals surface area contributed by atoms with Gasteiger partial charge in [-0.3, -0.25) is 0 Å². The lowest BCUT2D eigenvalue weighted by Gasteiger charge is -2.38. The summed E-state index contributed by atoms with van der Waals surface area (Å²) in [6, 6.07) is 1.96. The molecule has 0 unspecified atom stereocenters. The zero-order valence-corrected chi connectivity index (χ0v) is 17.3. The van der Waals surface area contributed by atoms with Gasteiger partial charge in [0.15, 0.2) is 0 Å². The first-order valence-corrected chi connectivity index (χ1v) is 10.4. The first-order chi connectivity index (χ1) is 13.9. The molecule has 1 aromatic heterocycles. The molecule has 3 rings (SSSR count). The van der Waals surface area contributed by atoms with E-state index in [4.69, 9.17) is 14.6 Å². The number of hydrogen-bond donors (Lipinski definition) is 2. The Bertz CT molecular complexity index is 824. The van der Waals surface area contributed by atoms with Gasteiger partial charge in [0.1, 0.15) is 0 Å². The lowest BCUT2D eigenvalue weighted by Crippen LogP contribution is -2.48. The molecule has 1 spiro atoms. The van der Waals surface area contributed by atoms with Crippen LogP contribution < -0.4 is 5.32 Å². The number of nitrogens with one attached hydrogen (secondary N) is 1. The highest BCUT2D eigenvalue weighted by atomic mass is 32.2. The van der Waals surface area contributed by atoms with Crippen molar-refractivity contribution >= 4 is 22.1 Å². The molecule has 2 aliphatic heterocycles. The molecule has 1 aromatic rings. The minimum Gasteiger partial charge on any atom is -0.475 e. The molecule has 2 atom stereocenters. The molecule has 0 bridgehead atoms. The predicted octanol–water partition coefficient (Wildman–Crippen LogP) is 0.952. The van der Waals surface area contributed by atoms with Crippen LogP contribution in [-0.2, 0) is 19.7 Å². The topological polar surface area (TPSA) is 125 Å². The molecule has 2 fully saturated rings. The third kappa shape index (κ3) is 6.23. The molecule has 170 valence electrons. The van der Waals surface area contributed by atoms with Crippen LogP contribution in [0.25, 0.3) is 0 Å². The second-order valence-corrected chi connectivity index (χ2v) is 9.26. The van der Waals surface area contributed by atoms with Crippen molar-refractivity contribution in [1.29, 1.82) is 0 Å². The van der Waals surface area contributed by atoms with Gasteiger partial charge in [0.2, 0.25) is 5.95 Å². The molecule has 2 aliphatic rings. The Morgan fingerprint density at radius 3 is 2.50 bits per heavy atom. The van der Waals surface area contributed by atoms with Gasteiger partial charge in [-0.25, -0.2) is 14.8 Å². The first kappa shape index (κ1) is 24.2.